The highest BCUT2D eigenvalue weighted by molar-refractivity contribution is 5.51. The zero-order valence-electron chi connectivity index (χ0n) is 13.9. The first-order chi connectivity index (χ1) is 11.8. The van der Waals surface area contributed by atoms with E-state index in [2.05, 4.69) is 27.8 Å². The van der Waals surface area contributed by atoms with Gasteiger partial charge in [-0.3, -0.25) is 0 Å². The van der Waals surface area contributed by atoms with Crippen molar-refractivity contribution in [3.63, 3.8) is 0 Å². The van der Waals surface area contributed by atoms with Crippen molar-refractivity contribution in [2.45, 2.75) is 31.3 Å². The van der Waals surface area contributed by atoms with Gasteiger partial charge >= 0.3 is 0 Å². The number of hydrogen-bond donors (Lipinski definition) is 2. The molecule has 2 aromatic heterocycles. The summed E-state index contributed by atoms with van der Waals surface area (Å²) in [7, 11) is 0. The molecular formula is C19H24N4O. The molecule has 2 saturated heterocycles. The summed E-state index contributed by atoms with van der Waals surface area (Å²) in [6.45, 7) is 3.02. The van der Waals surface area contributed by atoms with Gasteiger partial charge in [0.25, 0.3) is 0 Å². The zero-order valence-corrected chi connectivity index (χ0v) is 13.9. The monoisotopic (exact) mass is 324 g/mol. The summed E-state index contributed by atoms with van der Waals surface area (Å²) < 4.78 is 6.20. The van der Waals surface area contributed by atoms with Crippen LogP contribution in [0.15, 0.2) is 42.6 Å². The minimum Gasteiger partial charge on any atom is -0.375 e. The maximum absolute atomic E-state index is 6.20. The fourth-order valence-electron chi connectivity index (χ4n) is 3.83. The Labute approximate surface area is 142 Å². The summed E-state index contributed by atoms with van der Waals surface area (Å²) in [4.78, 5) is 9.03. The molecule has 1 atom stereocenters. The molecule has 5 nitrogen and oxygen atoms in total. The second-order valence-corrected chi connectivity index (χ2v) is 6.87. The molecule has 126 valence electrons. The van der Waals surface area contributed by atoms with Gasteiger partial charge < -0.3 is 15.4 Å². The van der Waals surface area contributed by atoms with Crippen molar-refractivity contribution in [3.8, 4) is 0 Å². The van der Waals surface area contributed by atoms with Crippen LogP contribution < -0.4 is 10.6 Å². The summed E-state index contributed by atoms with van der Waals surface area (Å²) >= 11 is 0. The molecule has 2 aliphatic heterocycles. The molecule has 4 heterocycles. The number of nitrogens with one attached hydrogen (secondary N) is 2. The highest BCUT2D eigenvalue weighted by Crippen LogP contribution is 2.38. The van der Waals surface area contributed by atoms with E-state index in [4.69, 9.17) is 9.72 Å². The molecule has 2 fully saturated rings. The number of hydrogen-bond acceptors (Lipinski definition) is 5. The van der Waals surface area contributed by atoms with Gasteiger partial charge in [-0.25, -0.2) is 9.97 Å². The molecule has 0 aliphatic carbocycles. The predicted molar refractivity (Wildman–Crippen MR) is 94.4 cm³/mol. The summed E-state index contributed by atoms with van der Waals surface area (Å²) in [6, 6.07) is 12.0. The topological polar surface area (TPSA) is 59.1 Å². The molecule has 24 heavy (non-hydrogen) atoms. The summed E-state index contributed by atoms with van der Waals surface area (Å²) in [5.41, 5.74) is 1.25. The third-order valence-electron chi connectivity index (χ3n) is 5.03. The third kappa shape index (κ3) is 3.57. The van der Waals surface area contributed by atoms with Crippen LogP contribution >= 0.6 is 0 Å². The molecular weight excluding hydrogens is 300 g/mol. The Bertz CT molecular complexity index is 670. The van der Waals surface area contributed by atoms with Crippen LogP contribution in [0.1, 0.15) is 25.0 Å². The fourth-order valence-corrected chi connectivity index (χ4v) is 3.83. The highest BCUT2D eigenvalue weighted by Gasteiger charge is 2.40. The molecule has 1 unspecified atom stereocenters. The van der Waals surface area contributed by atoms with Gasteiger partial charge in [0.1, 0.15) is 11.6 Å². The number of rotatable bonds is 4. The van der Waals surface area contributed by atoms with E-state index >= 15 is 0 Å². The Hall–Kier alpha value is -1.98. The molecule has 0 bridgehead atoms. The predicted octanol–water partition coefficient (Wildman–Crippen LogP) is 2.92. The quantitative estimate of drug-likeness (QED) is 0.905. The first kappa shape index (κ1) is 15.5. The number of pyridine rings is 2. The van der Waals surface area contributed by atoms with Crippen LogP contribution in [0.4, 0.5) is 11.6 Å². The Morgan fingerprint density at radius 2 is 2.00 bits per heavy atom. The van der Waals surface area contributed by atoms with Crippen LogP contribution in [-0.4, -0.2) is 35.3 Å². The van der Waals surface area contributed by atoms with Crippen LogP contribution in [-0.2, 0) is 11.2 Å². The van der Waals surface area contributed by atoms with Crippen molar-refractivity contribution in [3.05, 3.63) is 48.3 Å². The molecule has 0 radical (unpaired) electrons. The van der Waals surface area contributed by atoms with Crippen molar-refractivity contribution < 1.29 is 4.74 Å². The summed E-state index contributed by atoms with van der Waals surface area (Å²) in [5.74, 6) is 2.24. The maximum Gasteiger partial charge on any atom is 0.131 e. The first-order valence-corrected chi connectivity index (χ1v) is 8.80. The van der Waals surface area contributed by atoms with Crippen LogP contribution in [0.5, 0.6) is 0 Å². The Kier molecular flexibility index (Phi) is 4.45. The van der Waals surface area contributed by atoms with Crippen molar-refractivity contribution >= 4 is 11.6 Å². The summed E-state index contributed by atoms with van der Waals surface area (Å²) in [6.07, 6.45) is 6.19. The molecule has 2 N–H and O–H groups in total. The zero-order chi connectivity index (χ0) is 16.2. The van der Waals surface area contributed by atoms with Crippen molar-refractivity contribution in [1.29, 1.82) is 0 Å². The van der Waals surface area contributed by atoms with Gasteiger partial charge in [-0.05, 0) is 69.0 Å². The number of anilines is 2. The average Bonchev–Trinajstić information content (AvgIpc) is 2.99. The molecule has 4 rings (SSSR count). The van der Waals surface area contributed by atoms with E-state index in [1.54, 1.807) is 6.20 Å². The minimum absolute atomic E-state index is 0.125. The van der Waals surface area contributed by atoms with Crippen LogP contribution in [0, 0.1) is 5.92 Å². The Balaban J connectivity index is 1.39. The van der Waals surface area contributed by atoms with E-state index in [1.807, 2.05) is 24.3 Å². The molecule has 1 spiro atoms. The third-order valence-corrected chi connectivity index (χ3v) is 5.03. The number of piperidine rings is 1. The van der Waals surface area contributed by atoms with E-state index in [1.165, 1.54) is 0 Å². The van der Waals surface area contributed by atoms with E-state index in [9.17, 15) is 0 Å². The molecule has 5 heteroatoms. The Morgan fingerprint density at radius 1 is 1.12 bits per heavy atom. The van der Waals surface area contributed by atoms with E-state index < -0.39 is 0 Å². The van der Waals surface area contributed by atoms with Gasteiger partial charge in [-0.15, -0.1) is 0 Å². The van der Waals surface area contributed by atoms with Gasteiger partial charge in [0.05, 0.1) is 12.2 Å². The SMILES string of the molecule is c1ccc(Nc2cccc(CC3COC4(CCNCC4)C3)n2)nc1. The van der Waals surface area contributed by atoms with Gasteiger partial charge in [-0.1, -0.05) is 12.1 Å². The largest absolute Gasteiger partial charge is 0.375 e. The van der Waals surface area contributed by atoms with E-state index in [0.717, 1.165) is 62.7 Å². The second-order valence-electron chi connectivity index (χ2n) is 6.87. The average molecular weight is 324 g/mol. The van der Waals surface area contributed by atoms with E-state index in [-0.39, 0.29) is 5.60 Å². The highest BCUT2D eigenvalue weighted by atomic mass is 16.5. The lowest BCUT2D eigenvalue weighted by molar-refractivity contribution is -0.0196. The van der Waals surface area contributed by atoms with Crippen molar-refractivity contribution in [2.75, 3.05) is 25.0 Å². The van der Waals surface area contributed by atoms with Gasteiger partial charge in [-0.2, -0.15) is 0 Å². The minimum atomic E-state index is 0.125. The normalized spacial score (nSPS) is 22.6. The second kappa shape index (κ2) is 6.87. The summed E-state index contributed by atoms with van der Waals surface area (Å²) in [5, 5.41) is 6.69. The lowest BCUT2D eigenvalue weighted by Crippen LogP contribution is -2.41. The molecule has 2 aromatic rings. The number of nitrogens with zero attached hydrogens (tertiary/aromatic N) is 2. The lowest BCUT2D eigenvalue weighted by Gasteiger charge is -2.33. The number of ether oxygens (including phenoxy) is 1. The molecule has 2 aliphatic rings. The van der Waals surface area contributed by atoms with Gasteiger partial charge in [0.15, 0.2) is 0 Å². The number of aromatic nitrogens is 2. The molecule has 0 saturated carbocycles. The van der Waals surface area contributed by atoms with Crippen molar-refractivity contribution in [1.82, 2.24) is 15.3 Å². The van der Waals surface area contributed by atoms with Crippen LogP contribution in [0.25, 0.3) is 0 Å². The Morgan fingerprint density at radius 3 is 2.83 bits per heavy atom. The standard InChI is InChI=1S/C19H24N4O/c1-2-9-21-17(5-1)23-18-6-3-4-16(22-18)12-15-13-19(24-14-15)7-10-20-11-8-19/h1-6,9,15,20H,7-8,10-14H2,(H,21,22,23). The fraction of sp³-hybridized carbons (Fsp3) is 0.474. The first-order valence-electron chi connectivity index (χ1n) is 8.80. The smallest absolute Gasteiger partial charge is 0.131 e. The lowest BCUT2D eigenvalue weighted by atomic mass is 9.85. The van der Waals surface area contributed by atoms with Gasteiger partial charge in [0, 0.05) is 11.9 Å². The van der Waals surface area contributed by atoms with Gasteiger partial charge in [0.2, 0.25) is 0 Å². The van der Waals surface area contributed by atoms with Crippen molar-refractivity contribution in [2.24, 2.45) is 5.92 Å². The molecule has 0 aromatic carbocycles. The van der Waals surface area contributed by atoms with Crippen LogP contribution in [0.2, 0.25) is 0 Å². The maximum atomic E-state index is 6.20. The van der Waals surface area contributed by atoms with Crippen LogP contribution in [0.3, 0.4) is 0 Å². The molecule has 0 amide bonds. The van der Waals surface area contributed by atoms with E-state index in [0.29, 0.717) is 5.92 Å².